The zero-order valence-electron chi connectivity index (χ0n) is 14.2. The maximum atomic E-state index is 11.6. The number of rotatable bonds is 6. The van der Waals surface area contributed by atoms with Gasteiger partial charge >= 0.3 is 0 Å². The monoisotopic (exact) mass is 464 g/mol. The number of aliphatic hydroxyl groups is 1. The summed E-state index contributed by atoms with van der Waals surface area (Å²) in [6.45, 7) is 4.90. The second-order valence-corrected chi connectivity index (χ2v) is 8.44. The van der Waals surface area contributed by atoms with Gasteiger partial charge in [0.1, 0.15) is 11.0 Å². The highest BCUT2D eigenvalue weighted by Crippen LogP contribution is 2.30. The van der Waals surface area contributed by atoms with Crippen LogP contribution >= 0.6 is 27.5 Å². The van der Waals surface area contributed by atoms with Crippen LogP contribution in [0, 0.1) is 6.92 Å². The molecule has 0 aliphatic carbocycles. The van der Waals surface area contributed by atoms with Gasteiger partial charge < -0.3 is 15.2 Å². The molecule has 0 amide bonds. The largest absolute Gasteiger partial charge is 0.471 e. The fraction of sp³-hybridized carbons (Fsp3) is 0.333. The molecule has 2 aromatic rings. The molecule has 2 atom stereocenters. The first-order valence-corrected chi connectivity index (χ1v) is 10.2. The van der Waals surface area contributed by atoms with Crippen molar-refractivity contribution in [1.82, 2.24) is 9.97 Å². The molecular weight excluding hydrogens is 448 g/mol. The van der Waals surface area contributed by atoms with Gasteiger partial charge in [-0.25, -0.2) is 18.5 Å². The molecule has 0 saturated carbocycles. The van der Waals surface area contributed by atoms with Crippen molar-refractivity contribution in [2.75, 3.05) is 5.32 Å². The minimum absolute atomic E-state index is 0.00804. The molecule has 142 valence electrons. The van der Waals surface area contributed by atoms with Crippen molar-refractivity contribution in [3.63, 3.8) is 0 Å². The Balaban J connectivity index is 2.32. The molecule has 4 N–H and O–H groups in total. The number of hydrogen-bond donors (Lipinski definition) is 3. The molecule has 0 fully saturated rings. The normalized spacial score (nSPS) is 14.0. The fourth-order valence-electron chi connectivity index (χ4n) is 2.06. The average molecular weight is 466 g/mol. The van der Waals surface area contributed by atoms with Crippen LogP contribution in [0.3, 0.4) is 0 Å². The van der Waals surface area contributed by atoms with Gasteiger partial charge in [-0.3, -0.25) is 0 Å². The second-order valence-electron chi connectivity index (χ2n) is 5.68. The number of nitrogens with zero attached hydrogens (tertiary/aromatic N) is 2. The molecular formula is C15H18BrClN4O4S. The van der Waals surface area contributed by atoms with Gasteiger partial charge in [-0.1, -0.05) is 11.6 Å². The summed E-state index contributed by atoms with van der Waals surface area (Å²) in [6.07, 6.45) is 0.340. The lowest BCUT2D eigenvalue weighted by atomic mass is 10.2. The van der Waals surface area contributed by atoms with Gasteiger partial charge in [0.15, 0.2) is 0 Å². The molecule has 26 heavy (non-hydrogen) atoms. The Labute approximate surface area is 164 Å². The van der Waals surface area contributed by atoms with Crippen LogP contribution in [0.1, 0.15) is 19.4 Å². The highest BCUT2D eigenvalue weighted by atomic mass is 79.9. The zero-order chi connectivity index (χ0) is 19.6. The van der Waals surface area contributed by atoms with Gasteiger partial charge in [-0.05, 0) is 54.4 Å². The minimum atomic E-state index is -3.93. The van der Waals surface area contributed by atoms with E-state index in [1.807, 2.05) is 0 Å². The fourth-order valence-corrected chi connectivity index (χ4v) is 3.77. The lowest BCUT2D eigenvalue weighted by Gasteiger charge is -2.17. The Morgan fingerprint density at radius 3 is 2.58 bits per heavy atom. The first-order chi connectivity index (χ1) is 12.0. The summed E-state index contributed by atoms with van der Waals surface area (Å²) in [7, 11) is -3.93. The number of nitrogens with two attached hydrogens (primary N) is 1. The smallest absolute Gasteiger partial charge is 0.239 e. The van der Waals surface area contributed by atoms with E-state index in [-0.39, 0.29) is 21.7 Å². The van der Waals surface area contributed by atoms with Gasteiger partial charge in [0.25, 0.3) is 0 Å². The number of aliphatic hydroxyl groups excluding tert-OH is 1. The van der Waals surface area contributed by atoms with Crippen LogP contribution in [-0.4, -0.2) is 35.7 Å². The molecule has 0 radical (unpaired) electrons. The molecule has 1 aromatic heterocycles. The van der Waals surface area contributed by atoms with Crippen molar-refractivity contribution in [3.8, 4) is 5.88 Å². The van der Waals surface area contributed by atoms with Gasteiger partial charge in [-0.15, -0.1) is 0 Å². The summed E-state index contributed by atoms with van der Waals surface area (Å²) >= 11 is 9.33. The molecule has 0 aliphatic rings. The van der Waals surface area contributed by atoms with Crippen LogP contribution in [0.2, 0.25) is 5.02 Å². The molecule has 2 rings (SSSR count). The van der Waals surface area contributed by atoms with Gasteiger partial charge in [-0.2, -0.15) is 4.98 Å². The number of nitrogens with one attached hydrogen (secondary N) is 1. The predicted octanol–water partition coefficient (Wildman–Crippen LogP) is 2.74. The first kappa shape index (κ1) is 20.8. The summed E-state index contributed by atoms with van der Waals surface area (Å²) in [5, 5.41) is 17.6. The lowest BCUT2D eigenvalue weighted by molar-refractivity contribution is 0.0569. The Kier molecular flexibility index (Phi) is 6.46. The average Bonchev–Trinajstić information content (AvgIpc) is 2.48. The summed E-state index contributed by atoms with van der Waals surface area (Å²) < 4.78 is 29.3. The van der Waals surface area contributed by atoms with Crippen LogP contribution in [0.25, 0.3) is 0 Å². The molecule has 0 spiro atoms. The SMILES string of the molecule is Cc1cc(Nc2ncc(Br)c(O[C@H](C)[C@@H](C)O)n2)cc(Cl)c1S(N)(=O)=O. The predicted molar refractivity (Wildman–Crippen MR) is 102 cm³/mol. The highest BCUT2D eigenvalue weighted by molar-refractivity contribution is 9.10. The van der Waals surface area contributed by atoms with Crippen molar-refractivity contribution in [2.45, 2.75) is 37.9 Å². The number of aromatic nitrogens is 2. The van der Waals surface area contributed by atoms with E-state index < -0.39 is 22.2 Å². The first-order valence-electron chi connectivity index (χ1n) is 7.46. The van der Waals surface area contributed by atoms with Crippen LogP contribution in [-0.2, 0) is 10.0 Å². The Bertz CT molecular complexity index is 901. The van der Waals surface area contributed by atoms with Crippen LogP contribution < -0.4 is 15.2 Å². The van der Waals surface area contributed by atoms with E-state index in [1.165, 1.54) is 12.3 Å². The van der Waals surface area contributed by atoms with Gasteiger partial charge in [0, 0.05) is 5.69 Å². The van der Waals surface area contributed by atoms with Crippen LogP contribution in [0.5, 0.6) is 5.88 Å². The Hall–Kier alpha value is -1.46. The number of primary sulfonamides is 1. The van der Waals surface area contributed by atoms with E-state index in [0.29, 0.717) is 15.7 Å². The Morgan fingerprint density at radius 1 is 1.38 bits per heavy atom. The summed E-state index contributed by atoms with van der Waals surface area (Å²) in [5.41, 5.74) is 0.871. The van der Waals surface area contributed by atoms with E-state index in [0.717, 1.165) is 0 Å². The molecule has 11 heteroatoms. The van der Waals surface area contributed by atoms with E-state index in [4.69, 9.17) is 21.5 Å². The van der Waals surface area contributed by atoms with Crippen molar-refractivity contribution >= 4 is 49.2 Å². The molecule has 0 bridgehead atoms. The zero-order valence-corrected chi connectivity index (χ0v) is 17.4. The van der Waals surface area contributed by atoms with Crippen LogP contribution in [0.15, 0.2) is 27.7 Å². The highest BCUT2D eigenvalue weighted by Gasteiger charge is 2.18. The summed E-state index contributed by atoms with van der Waals surface area (Å²) in [4.78, 5) is 8.22. The van der Waals surface area contributed by atoms with Crippen molar-refractivity contribution < 1.29 is 18.3 Å². The number of aryl methyl sites for hydroxylation is 1. The maximum Gasteiger partial charge on any atom is 0.239 e. The van der Waals surface area contributed by atoms with Crippen molar-refractivity contribution in [2.24, 2.45) is 5.14 Å². The maximum absolute atomic E-state index is 11.6. The quantitative estimate of drug-likeness (QED) is 0.598. The molecule has 0 unspecified atom stereocenters. The number of anilines is 2. The topological polar surface area (TPSA) is 127 Å². The molecule has 1 heterocycles. The number of sulfonamides is 1. The lowest BCUT2D eigenvalue weighted by Crippen LogP contribution is -2.26. The van der Waals surface area contributed by atoms with E-state index in [9.17, 15) is 13.5 Å². The van der Waals surface area contributed by atoms with Gasteiger partial charge in [0.2, 0.25) is 21.9 Å². The molecule has 8 nitrogen and oxygen atoms in total. The number of halogens is 2. The molecule has 0 aliphatic heterocycles. The minimum Gasteiger partial charge on any atom is -0.471 e. The number of benzene rings is 1. The van der Waals surface area contributed by atoms with Crippen molar-refractivity contribution in [3.05, 3.63) is 33.4 Å². The Morgan fingerprint density at radius 2 is 2.04 bits per heavy atom. The van der Waals surface area contributed by atoms with E-state index >= 15 is 0 Å². The van der Waals surface area contributed by atoms with Gasteiger partial charge in [0.05, 0.1) is 21.8 Å². The van der Waals surface area contributed by atoms with E-state index in [1.54, 1.807) is 26.8 Å². The third-order valence-electron chi connectivity index (χ3n) is 3.46. The summed E-state index contributed by atoms with van der Waals surface area (Å²) in [6, 6.07) is 2.98. The molecule has 1 aromatic carbocycles. The number of ether oxygens (including phenoxy) is 1. The van der Waals surface area contributed by atoms with Crippen LogP contribution in [0.4, 0.5) is 11.6 Å². The van der Waals surface area contributed by atoms with Crippen molar-refractivity contribution in [1.29, 1.82) is 0 Å². The number of hydrogen-bond acceptors (Lipinski definition) is 7. The second kappa shape index (κ2) is 8.05. The standard InChI is InChI=1S/C15H18BrClN4O4S/c1-7-4-10(5-12(17)13(7)26(18,23)24)20-15-19-6-11(16)14(21-15)25-9(3)8(2)22/h4-6,8-9,22H,1-3H3,(H2,18,23,24)(H,19,20,21)/t8-,9-/m1/s1. The molecule has 0 saturated heterocycles. The third-order valence-corrected chi connectivity index (χ3v) is 5.52. The van der Waals surface area contributed by atoms with E-state index in [2.05, 4.69) is 31.2 Å². The summed E-state index contributed by atoms with van der Waals surface area (Å²) in [5.74, 6) is 0.458. The third kappa shape index (κ3) is 5.04.